The van der Waals surface area contributed by atoms with Gasteiger partial charge in [0.05, 0.1) is 29.2 Å². The number of aryl methyl sites for hydroxylation is 1. The van der Waals surface area contributed by atoms with Crippen LogP contribution in [0.3, 0.4) is 0 Å². The van der Waals surface area contributed by atoms with Crippen LogP contribution in [0.2, 0.25) is 5.02 Å². The maximum absolute atomic E-state index is 13.2. The molecule has 0 saturated heterocycles. The molecule has 0 atom stereocenters. The number of nitrogens with zero attached hydrogens (tertiary/aromatic N) is 3. The molecule has 10 heteroatoms. The lowest BCUT2D eigenvalue weighted by atomic mass is 10.3. The van der Waals surface area contributed by atoms with Crippen molar-refractivity contribution < 1.29 is 17.8 Å². The van der Waals surface area contributed by atoms with Crippen LogP contribution in [0.1, 0.15) is 11.5 Å². The minimum Gasteiger partial charge on any atom is -0.468 e. The number of aromatic nitrogens is 1. The van der Waals surface area contributed by atoms with Crippen molar-refractivity contribution in [2.75, 3.05) is 0 Å². The zero-order valence-corrected chi connectivity index (χ0v) is 15.9. The summed E-state index contributed by atoms with van der Waals surface area (Å²) < 4.78 is 34.7. The van der Waals surface area contributed by atoms with Crippen molar-refractivity contribution in [3.05, 3.63) is 81.5 Å². The molecule has 0 N–H and O–H groups in total. The van der Waals surface area contributed by atoms with Gasteiger partial charge in [0.1, 0.15) is 10.8 Å². The Morgan fingerprint density at radius 1 is 1.22 bits per heavy atom. The van der Waals surface area contributed by atoms with Crippen LogP contribution in [0.25, 0.3) is 0 Å². The molecule has 142 valence electrons. The lowest BCUT2D eigenvalue weighted by Crippen LogP contribution is -2.31. The second-order valence-corrected chi connectivity index (χ2v) is 8.18. The number of furan rings is 1. The van der Waals surface area contributed by atoms with E-state index in [-0.39, 0.29) is 23.0 Å². The topological polar surface area (TPSA) is 98.6 Å². The Hall–Kier alpha value is -2.62. The Labute approximate surface area is 160 Å². The molecule has 0 unspecified atom stereocenters. The van der Waals surface area contributed by atoms with E-state index in [9.17, 15) is 18.5 Å². The maximum atomic E-state index is 13.2. The van der Waals surface area contributed by atoms with Crippen molar-refractivity contribution in [2.24, 2.45) is 7.05 Å². The summed E-state index contributed by atoms with van der Waals surface area (Å²) in [5, 5.41) is 11.0. The summed E-state index contributed by atoms with van der Waals surface area (Å²) in [7, 11) is -2.24. The van der Waals surface area contributed by atoms with Crippen LogP contribution in [0.5, 0.6) is 0 Å². The lowest BCUT2D eigenvalue weighted by Gasteiger charge is -2.21. The quantitative estimate of drug-likeness (QED) is 0.438. The van der Waals surface area contributed by atoms with E-state index in [2.05, 4.69) is 0 Å². The number of halogens is 1. The molecule has 0 aliphatic carbocycles. The summed E-state index contributed by atoms with van der Waals surface area (Å²) in [6, 6.07) is 10.4. The fourth-order valence-electron chi connectivity index (χ4n) is 2.59. The molecule has 1 aromatic carbocycles. The summed E-state index contributed by atoms with van der Waals surface area (Å²) in [5.41, 5.74) is 0.295. The first-order valence-corrected chi connectivity index (χ1v) is 9.67. The van der Waals surface area contributed by atoms with Gasteiger partial charge in [0, 0.05) is 25.0 Å². The highest BCUT2D eigenvalue weighted by Gasteiger charge is 2.29. The Bertz CT molecular complexity index is 1060. The van der Waals surface area contributed by atoms with E-state index >= 15 is 0 Å². The molecule has 0 amide bonds. The monoisotopic (exact) mass is 409 g/mol. The maximum Gasteiger partial charge on any atom is 0.289 e. The van der Waals surface area contributed by atoms with Crippen LogP contribution >= 0.6 is 11.6 Å². The summed E-state index contributed by atoms with van der Waals surface area (Å²) in [6.07, 6.45) is 3.26. The van der Waals surface area contributed by atoms with Gasteiger partial charge in [-0.25, -0.2) is 8.42 Å². The van der Waals surface area contributed by atoms with E-state index < -0.39 is 20.6 Å². The molecule has 2 aromatic heterocycles. The third-order valence-electron chi connectivity index (χ3n) is 4.05. The summed E-state index contributed by atoms with van der Waals surface area (Å²) in [4.78, 5) is 10.2. The minimum absolute atomic E-state index is 0.0169. The van der Waals surface area contributed by atoms with Crippen LogP contribution in [-0.2, 0) is 30.2 Å². The van der Waals surface area contributed by atoms with Gasteiger partial charge < -0.3 is 8.98 Å². The molecule has 0 aliphatic rings. The van der Waals surface area contributed by atoms with Gasteiger partial charge in [0.2, 0.25) is 10.0 Å². The van der Waals surface area contributed by atoms with Gasteiger partial charge in [-0.15, -0.1) is 0 Å². The molecular weight excluding hydrogens is 394 g/mol. The molecular formula is C17H16ClN3O5S. The van der Waals surface area contributed by atoms with Crippen molar-refractivity contribution in [1.82, 2.24) is 8.87 Å². The van der Waals surface area contributed by atoms with Gasteiger partial charge in [0.25, 0.3) is 5.69 Å². The molecule has 3 rings (SSSR count). The first-order valence-electron chi connectivity index (χ1n) is 7.85. The molecule has 0 bridgehead atoms. The number of benzene rings is 1. The van der Waals surface area contributed by atoms with E-state index in [1.165, 1.54) is 22.7 Å². The summed E-state index contributed by atoms with van der Waals surface area (Å²) in [5.74, 6) is 0.455. The average Bonchev–Trinajstić information content (AvgIpc) is 3.26. The lowest BCUT2D eigenvalue weighted by molar-refractivity contribution is -0.384. The fraction of sp³-hybridized carbons (Fsp3) is 0.176. The summed E-state index contributed by atoms with van der Waals surface area (Å²) in [6.45, 7) is 0.0555. The van der Waals surface area contributed by atoms with E-state index in [0.717, 1.165) is 11.8 Å². The molecule has 0 spiro atoms. The number of rotatable bonds is 7. The van der Waals surface area contributed by atoms with Gasteiger partial charge in [-0.1, -0.05) is 11.6 Å². The first-order chi connectivity index (χ1) is 12.8. The number of nitro groups is 1. The third-order valence-corrected chi connectivity index (χ3v) is 6.16. The molecule has 3 aromatic rings. The largest absolute Gasteiger partial charge is 0.468 e. The Balaban J connectivity index is 2.02. The predicted molar refractivity (Wildman–Crippen MR) is 98.7 cm³/mol. The van der Waals surface area contributed by atoms with Crippen LogP contribution in [0.4, 0.5) is 5.69 Å². The van der Waals surface area contributed by atoms with E-state index in [0.29, 0.717) is 5.76 Å². The van der Waals surface area contributed by atoms with Crippen molar-refractivity contribution in [3.63, 3.8) is 0 Å². The zero-order valence-electron chi connectivity index (χ0n) is 14.3. The van der Waals surface area contributed by atoms with Crippen molar-refractivity contribution in [1.29, 1.82) is 0 Å². The van der Waals surface area contributed by atoms with Crippen LogP contribution < -0.4 is 0 Å². The molecule has 0 radical (unpaired) electrons. The fourth-order valence-corrected chi connectivity index (χ4v) is 4.17. The highest BCUT2D eigenvalue weighted by molar-refractivity contribution is 7.89. The Morgan fingerprint density at radius 2 is 2.00 bits per heavy atom. The number of hydrogen-bond donors (Lipinski definition) is 0. The highest BCUT2D eigenvalue weighted by Crippen LogP contribution is 2.29. The smallest absolute Gasteiger partial charge is 0.289 e. The number of hydrogen-bond acceptors (Lipinski definition) is 5. The number of sulfonamides is 1. The predicted octanol–water partition coefficient (Wildman–Crippen LogP) is 3.57. The molecule has 8 nitrogen and oxygen atoms in total. The Kier molecular flexibility index (Phi) is 5.36. The molecule has 0 fully saturated rings. The van der Waals surface area contributed by atoms with Crippen LogP contribution in [0, 0.1) is 10.1 Å². The standard InChI is InChI=1S/C17H16ClN3O5S/c1-19-8-2-4-13(19)11-20(12-14-5-3-9-26-14)27(24,25)15-6-7-16(18)17(10-15)21(22)23/h2-10H,11-12H2,1H3. The SMILES string of the molecule is Cn1cccc1CN(Cc1ccco1)S(=O)(=O)c1ccc(Cl)c([N+](=O)[O-])c1. The number of nitro benzene ring substituents is 1. The van der Waals surface area contributed by atoms with Gasteiger partial charge >= 0.3 is 0 Å². The van der Waals surface area contributed by atoms with E-state index in [1.54, 1.807) is 42.1 Å². The second-order valence-electron chi connectivity index (χ2n) is 5.83. The van der Waals surface area contributed by atoms with E-state index in [1.807, 2.05) is 0 Å². The molecule has 0 aliphatic heterocycles. The van der Waals surface area contributed by atoms with Crippen molar-refractivity contribution in [3.8, 4) is 0 Å². The van der Waals surface area contributed by atoms with Gasteiger partial charge in [0.15, 0.2) is 0 Å². The highest BCUT2D eigenvalue weighted by atomic mass is 35.5. The van der Waals surface area contributed by atoms with Crippen LogP contribution in [-0.4, -0.2) is 22.2 Å². The summed E-state index contributed by atoms with van der Waals surface area (Å²) >= 11 is 5.80. The van der Waals surface area contributed by atoms with Gasteiger partial charge in [-0.05, 0) is 36.4 Å². The van der Waals surface area contributed by atoms with E-state index in [4.69, 9.17) is 16.0 Å². The zero-order chi connectivity index (χ0) is 19.6. The van der Waals surface area contributed by atoms with Gasteiger partial charge in [-0.2, -0.15) is 4.31 Å². The average molecular weight is 410 g/mol. The normalized spacial score (nSPS) is 11.8. The Morgan fingerprint density at radius 3 is 2.59 bits per heavy atom. The molecule has 27 heavy (non-hydrogen) atoms. The molecule has 2 heterocycles. The van der Waals surface area contributed by atoms with Crippen LogP contribution in [0.15, 0.2) is 64.2 Å². The molecule has 0 saturated carbocycles. The van der Waals surface area contributed by atoms with Gasteiger partial charge in [-0.3, -0.25) is 10.1 Å². The minimum atomic E-state index is -4.05. The third kappa shape index (κ3) is 4.05. The second kappa shape index (κ2) is 7.55. The van der Waals surface area contributed by atoms with Crippen molar-refractivity contribution in [2.45, 2.75) is 18.0 Å². The first kappa shape index (κ1) is 19.2. The van der Waals surface area contributed by atoms with Crippen molar-refractivity contribution >= 4 is 27.3 Å².